The number of hydrogen-bond donors (Lipinski definition) is 1. The molecule has 0 saturated heterocycles. The predicted octanol–water partition coefficient (Wildman–Crippen LogP) is 4.67. The van der Waals surface area contributed by atoms with E-state index >= 15 is 0 Å². The van der Waals surface area contributed by atoms with Gasteiger partial charge in [0.1, 0.15) is 23.8 Å². The fourth-order valence-electron chi connectivity index (χ4n) is 4.01. The van der Waals surface area contributed by atoms with Gasteiger partial charge in [0.25, 0.3) is 0 Å². The zero-order valence-corrected chi connectivity index (χ0v) is 18.9. The molecule has 0 unspecified atom stereocenters. The van der Waals surface area contributed by atoms with Crippen molar-refractivity contribution in [2.45, 2.75) is 31.8 Å². The quantitative estimate of drug-likeness (QED) is 0.372. The summed E-state index contributed by atoms with van der Waals surface area (Å²) in [7, 11) is 0. The minimum absolute atomic E-state index is 0.105. The maximum Gasteiger partial charge on any atom is 0.231 e. The van der Waals surface area contributed by atoms with E-state index in [1.54, 1.807) is 36.8 Å². The van der Waals surface area contributed by atoms with E-state index in [0.717, 1.165) is 16.9 Å². The number of anilines is 1. The summed E-state index contributed by atoms with van der Waals surface area (Å²) >= 11 is 6.08. The summed E-state index contributed by atoms with van der Waals surface area (Å²) in [4.78, 5) is 25.8. The highest BCUT2D eigenvalue weighted by Gasteiger charge is 2.23. The standard InChI is InChI=1S/C25H21ClN6O2/c26-18-6-8-31-15-28-21(22(31)9-18)11-25(33)30-23-10-20(5-7-27-23)34-14-19-13-32-12-17(16-1-2-16)3-4-24(32)29-19/h3-10,12-13,15-16H,1-2,11,14H2,(H,27,30,33). The van der Waals surface area contributed by atoms with Gasteiger partial charge < -0.3 is 18.9 Å². The number of amides is 1. The Morgan fingerprint density at radius 3 is 2.91 bits per heavy atom. The molecule has 5 heterocycles. The minimum atomic E-state index is -0.225. The average Bonchev–Trinajstić information content (AvgIpc) is 3.49. The molecule has 1 aliphatic carbocycles. The largest absolute Gasteiger partial charge is 0.487 e. The molecule has 9 heteroatoms. The van der Waals surface area contributed by atoms with Crippen molar-refractivity contribution in [3.8, 4) is 5.75 Å². The number of rotatable bonds is 7. The van der Waals surface area contributed by atoms with Crippen LogP contribution in [0.15, 0.2) is 67.5 Å². The van der Waals surface area contributed by atoms with Crippen molar-refractivity contribution in [3.05, 3.63) is 89.5 Å². The van der Waals surface area contributed by atoms with Crippen LogP contribution in [0.2, 0.25) is 5.02 Å². The second-order valence-corrected chi connectivity index (χ2v) is 8.89. The van der Waals surface area contributed by atoms with Crippen LogP contribution in [0.3, 0.4) is 0 Å². The summed E-state index contributed by atoms with van der Waals surface area (Å²) in [6.45, 7) is 0.319. The molecule has 1 N–H and O–H groups in total. The molecule has 6 rings (SSSR count). The molecule has 0 aromatic carbocycles. The topological polar surface area (TPSA) is 85.8 Å². The average molecular weight is 473 g/mol. The highest BCUT2D eigenvalue weighted by molar-refractivity contribution is 6.30. The van der Waals surface area contributed by atoms with E-state index in [-0.39, 0.29) is 12.3 Å². The monoisotopic (exact) mass is 472 g/mol. The molecule has 0 radical (unpaired) electrons. The Bertz CT molecular complexity index is 1520. The molecule has 0 bridgehead atoms. The van der Waals surface area contributed by atoms with Crippen LogP contribution in [0, 0.1) is 0 Å². The first-order chi connectivity index (χ1) is 16.6. The third kappa shape index (κ3) is 4.32. The highest BCUT2D eigenvalue weighted by atomic mass is 35.5. The molecule has 0 aliphatic heterocycles. The molecule has 0 atom stereocenters. The van der Waals surface area contributed by atoms with Gasteiger partial charge in [0.2, 0.25) is 5.91 Å². The van der Waals surface area contributed by atoms with Crippen molar-refractivity contribution in [2.75, 3.05) is 5.32 Å². The number of nitrogens with one attached hydrogen (secondary N) is 1. The van der Waals surface area contributed by atoms with E-state index < -0.39 is 0 Å². The molecule has 8 nitrogen and oxygen atoms in total. The molecule has 34 heavy (non-hydrogen) atoms. The van der Waals surface area contributed by atoms with Crippen molar-refractivity contribution >= 4 is 34.5 Å². The van der Waals surface area contributed by atoms with Gasteiger partial charge in [0.05, 0.1) is 29.7 Å². The number of halogens is 1. The molecular weight excluding hydrogens is 452 g/mol. The van der Waals surface area contributed by atoms with Crippen LogP contribution >= 0.6 is 11.6 Å². The van der Waals surface area contributed by atoms with Gasteiger partial charge in [-0.2, -0.15) is 0 Å². The molecular formula is C25H21ClN6O2. The van der Waals surface area contributed by atoms with Crippen molar-refractivity contribution in [1.82, 2.24) is 23.8 Å². The van der Waals surface area contributed by atoms with Gasteiger partial charge in [-0.05, 0) is 48.6 Å². The van der Waals surface area contributed by atoms with Gasteiger partial charge in [-0.25, -0.2) is 15.0 Å². The molecule has 1 saturated carbocycles. The summed E-state index contributed by atoms with van der Waals surface area (Å²) in [5.41, 5.74) is 4.53. The Balaban J connectivity index is 1.10. The van der Waals surface area contributed by atoms with Crippen LogP contribution < -0.4 is 10.1 Å². The fraction of sp³-hybridized carbons (Fsp3) is 0.200. The molecule has 1 aliphatic rings. The van der Waals surface area contributed by atoms with E-state index in [1.165, 1.54) is 18.4 Å². The third-order valence-corrected chi connectivity index (χ3v) is 6.10. The second-order valence-electron chi connectivity index (χ2n) is 8.45. The second kappa shape index (κ2) is 8.46. The lowest BCUT2D eigenvalue weighted by Crippen LogP contribution is -2.15. The van der Waals surface area contributed by atoms with E-state index in [4.69, 9.17) is 16.3 Å². The van der Waals surface area contributed by atoms with Gasteiger partial charge in [-0.15, -0.1) is 0 Å². The van der Waals surface area contributed by atoms with Crippen LogP contribution in [-0.2, 0) is 17.8 Å². The number of nitrogens with zero attached hydrogens (tertiary/aromatic N) is 5. The summed E-state index contributed by atoms with van der Waals surface area (Å²) in [6.07, 6.45) is 11.9. The number of carbonyl (C=O) groups excluding carboxylic acids is 1. The number of imidazole rings is 2. The minimum Gasteiger partial charge on any atom is -0.487 e. The lowest BCUT2D eigenvalue weighted by Gasteiger charge is -2.07. The number of ether oxygens (including phenoxy) is 1. The smallest absolute Gasteiger partial charge is 0.231 e. The molecule has 5 aromatic heterocycles. The summed E-state index contributed by atoms with van der Waals surface area (Å²) in [5, 5.41) is 3.40. The van der Waals surface area contributed by atoms with Crippen molar-refractivity contribution < 1.29 is 9.53 Å². The Kier molecular flexibility index (Phi) is 5.15. The predicted molar refractivity (Wildman–Crippen MR) is 128 cm³/mol. The van der Waals surface area contributed by atoms with Gasteiger partial charge in [-0.3, -0.25) is 4.79 Å². The fourth-order valence-corrected chi connectivity index (χ4v) is 4.17. The number of hydrogen-bond acceptors (Lipinski definition) is 5. The number of aromatic nitrogens is 5. The Labute approximate surface area is 200 Å². The molecule has 5 aromatic rings. The Morgan fingerprint density at radius 2 is 2.03 bits per heavy atom. The van der Waals surface area contributed by atoms with Crippen molar-refractivity contribution in [3.63, 3.8) is 0 Å². The highest BCUT2D eigenvalue weighted by Crippen LogP contribution is 2.39. The molecule has 170 valence electrons. The maximum atomic E-state index is 12.6. The van der Waals surface area contributed by atoms with Gasteiger partial charge >= 0.3 is 0 Å². The zero-order chi connectivity index (χ0) is 23.1. The van der Waals surface area contributed by atoms with Crippen molar-refractivity contribution in [2.24, 2.45) is 0 Å². The first-order valence-corrected chi connectivity index (χ1v) is 11.5. The molecule has 0 spiro atoms. The van der Waals surface area contributed by atoms with Crippen LogP contribution in [0.4, 0.5) is 5.82 Å². The first kappa shape index (κ1) is 20.7. The molecule has 1 fully saturated rings. The van der Waals surface area contributed by atoms with Crippen LogP contribution in [0.1, 0.15) is 35.7 Å². The summed E-state index contributed by atoms with van der Waals surface area (Å²) in [5.74, 6) is 1.48. The summed E-state index contributed by atoms with van der Waals surface area (Å²) < 4.78 is 9.79. The molecule has 1 amide bonds. The maximum absolute atomic E-state index is 12.6. The Morgan fingerprint density at radius 1 is 1.12 bits per heavy atom. The van der Waals surface area contributed by atoms with Gasteiger partial charge in [0, 0.05) is 35.9 Å². The zero-order valence-electron chi connectivity index (χ0n) is 18.2. The van der Waals surface area contributed by atoms with E-state index in [1.807, 2.05) is 16.8 Å². The normalized spacial score (nSPS) is 13.4. The third-order valence-electron chi connectivity index (χ3n) is 5.87. The van der Waals surface area contributed by atoms with Crippen LogP contribution in [0.25, 0.3) is 11.2 Å². The van der Waals surface area contributed by atoms with Crippen LogP contribution in [-0.4, -0.2) is 29.7 Å². The van der Waals surface area contributed by atoms with Crippen molar-refractivity contribution in [1.29, 1.82) is 0 Å². The summed E-state index contributed by atoms with van der Waals surface area (Å²) in [6, 6.07) is 11.2. The number of carbonyl (C=O) groups is 1. The number of fused-ring (bicyclic) bond motifs is 2. The van der Waals surface area contributed by atoms with E-state index in [2.05, 4.69) is 43.0 Å². The van der Waals surface area contributed by atoms with E-state index in [9.17, 15) is 4.79 Å². The lowest BCUT2D eigenvalue weighted by molar-refractivity contribution is -0.115. The van der Waals surface area contributed by atoms with Crippen LogP contribution in [0.5, 0.6) is 5.75 Å². The number of pyridine rings is 3. The SMILES string of the molecule is O=C(Cc1ncn2ccc(Cl)cc12)Nc1cc(OCc2cn3cc(C4CC4)ccc3n2)ccn1. The lowest BCUT2D eigenvalue weighted by atomic mass is 10.2. The first-order valence-electron chi connectivity index (χ1n) is 11.1. The van der Waals surface area contributed by atoms with Gasteiger partial charge in [0.15, 0.2) is 0 Å². The Hall–Kier alpha value is -3.91. The van der Waals surface area contributed by atoms with E-state index in [0.29, 0.717) is 34.8 Å². The van der Waals surface area contributed by atoms with Gasteiger partial charge in [-0.1, -0.05) is 17.7 Å².